The van der Waals surface area contributed by atoms with Crippen LogP contribution in [-0.2, 0) is 11.3 Å². The average Bonchev–Trinajstić information content (AvgIpc) is 2.90. The van der Waals surface area contributed by atoms with E-state index in [-0.39, 0.29) is 29.9 Å². The summed E-state index contributed by atoms with van der Waals surface area (Å²) in [5.74, 6) is -1.29. The number of hydrogen-bond acceptors (Lipinski definition) is 5. The predicted molar refractivity (Wildman–Crippen MR) is 72.2 cm³/mol. The van der Waals surface area contributed by atoms with Crippen molar-refractivity contribution >= 4 is 5.91 Å². The smallest absolute Gasteiger partial charge is 0.314 e. The zero-order valence-electron chi connectivity index (χ0n) is 11.9. The molecule has 2 heterocycles. The summed E-state index contributed by atoms with van der Waals surface area (Å²) in [7, 11) is 0. The van der Waals surface area contributed by atoms with Gasteiger partial charge in [0.1, 0.15) is 6.54 Å². The van der Waals surface area contributed by atoms with E-state index in [1.54, 1.807) is 13.8 Å². The second-order valence-electron chi connectivity index (χ2n) is 4.85. The summed E-state index contributed by atoms with van der Waals surface area (Å²) < 4.78 is 30.7. The Morgan fingerprint density at radius 1 is 1.41 bits per heavy atom. The average molecular weight is 312 g/mol. The third-order valence-electron chi connectivity index (χ3n) is 2.63. The van der Waals surface area contributed by atoms with Crippen LogP contribution in [0.1, 0.15) is 26.2 Å². The Morgan fingerprint density at radius 2 is 2.14 bits per heavy atom. The summed E-state index contributed by atoms with van der Waals surface area (Å²) >= 11 is 0. The number of pyridine rings is 1. The zero-order valence-corrected chi connectivity index (χ0v) is 11.9. The second kappa shape index (κ2) is 6.46. The molecular formula is C13H14F2N4O3. The summed E-state index contributed by atoms with van der Waals surface area (Å²) in [5.41, 5.74) is -0.266. The number of amides is 1. The van der Waals surface area contributed by atoms with Gasteiger partial charge in [0.15, 0.2) is 0 Å². The van der Waals surface area contributed by atoms with Crippen molar-refractivity contribution in [2.24, 2.45) is 0 Å². The van der Waals surface area contributed by atoms with Gasteiger partial charge in [-0.15, -0.1) is 10.2 Å². The molecule has 1 amide bonds. The number of nitrogens with zero attached hydrogens (tertiary/aromatic N) is 3. The molecule has 0 aliphatic rings. The number of halogens is 2. The fourth-order valence-corrected chi connectivity index (χ4v) is 1.73. The monoisotopic (exact) mass is 312 g/mol. The third kappa shape index (κ3) is 3.74. The van der Waals surface area contributed by atoms with Crippen molar-refractivity contribution < 1.29 is 18.0 Å². The van der Waals surface area contributed by atoms with Crippen LogP contribution in [0.5, 0.6) is 0 Å². The molecule has 0 aliphatic carbocycles. The lowest BCUT2D eigenvalue weighted by molar-refractivity contribution is -0.122. The van der Waals surface area contributed by atoms with Crippen molar-refractivity contribution in [2.45, 2.75) is 32.9 Å². The van der Waals surface area contributed by atoms with Gasteiger partial charge in [-0.3, -0.25) is 9.59 Å². The molecule has 0 spiro atoms. The topological polar surface area (TPSA) is 90.0 Å². The molecular weight excluding hydrogens is 298 g/mol. The van der Waals surface area contributed by atoms with E-state index in [2.05, 4.69) is 15.5 Å². The Hall–Kier alpha value is -2.58. The van der Waals surface area contributed by atoms with E-state index in [1.807, 2.05) is 0 Å². The predicted octanol–water partition coefficient (Wildman–Crippen LogP) is 1.36. The second-order valence-corrected chi connectivity index (χ2v) is 4.85. The molecule has 22 heavy (non-hydrogen) atoms. The molecule has 0 aromatic carbocycles. The van der Waals surface area contributed by atoms with E-state index < -0.39 is 17.9 Å². The van der Waals surface area contributed by atoms with Crippen molar-refractivity contribution in [1.82, 2.24) is 20.1 Å². The first-order chi connectivity index (χ1) is 10.4. The molecule has 0 saturated heterocycles. The van der Waals surface area contributed by atoms with Crippen LogP contribution in [0, 0.1) is 0 Å². The highest BCUT2D eigenvalue weighted by molar-refractivity contribution is 5.76. The van der Waals surface area contributed by atoms with Gasteiger partial charge in [0.05, 0.1) is 0 Å². The van der Waals surface area contributed by atoms with Crippen molar-refractivity contribution in [3.8, 4) is 11.5 Å². The van der Waals surface area contributed by atoms with E-state index in [9.17, 15) is 18.4 Å². The molecule has 0 radical (unpaired) electrons. The third-order valence-corrected chi connectivity index (χ3v) is 2.63. The molecule has 1 N–H and O–H groups in total. The summed E-state index contributed by atoms with van der Waals surface area (Å²) in [6.07, 6.45) is -1.51. The molecule has 0 bridgehead atoms. The van der Waals surface area contributed by atoms with Gasteiger partial charge in [-0.25, -0.2) is 0 Å². The number of rotatable bonds is 5. The molecule has 0 saturated carbocycles. The van der Waals surface area contributed by atoms with E-state index in [1.165, 1.54) is 16.8 Å². The van der Waals surface area contributed by atoms with Crippen molar-refractivity contribution in [2.75, 3.05) is 0 Å². The minimum absolute atomic E-state index is 0.0337. The standard InChI is InChI=1S/C13H14F2N4O3/c1-7(2)16-9(20)6-19-4-3-8(5-10(19)21)12-17-18-13(22-12)11(14)15/h3-5,7,11H,6H2,1-2H3,(H,16,20). The first-order valence-corrected chi connectivity index (χ1v) is 6.48. The van der Waals surface area contributed by atoms with Crippen LogP contribution in [0.3, 0.4) is 0 Å². The molecule has 0 atom stereocenters. The highest BCUT2D eigenvalue weighted by Crippen LogP contribution is 2.21. The van der Waals surface area contributed by atoms with Gasteiger partial charge in [-0.2, -0.15) is 8.78 Å². The highest BCUT2D eigenvalue weighted by atomic mass is 19.3. The Labute approximate surface area is 124 Å². The minimum atomic E-state index is -2.87. The maximum atomic E-state index is 12.4. The van der Waals surface area contributed by atoms with Crippen LogP contribution in [-0.4, -0.2) is 26.7 Å². The fourth-order valence-electron chi connectivity index (χ4n) is 1.73. The Kier molecular flexibility index (Phi) is 4.64. The lowest BCUT2D eigenvalue weighted by Crippen LogP contribution is -2.35. The molecule has 2 aromatic rings. The van der Waals surface area contributed by atoms with Crippen LogP contribution >= 0.6 is 0 Å². The molecule has 9 heteroatoms. The molecule has 2 aromatic heterocycles. The SMILES string of the molecule is CC(C)NC(=O)Cn1ccc(-c2nnc(C(F)F)o2)cc1=O. The first kappa shape index (κ1) is 15.8. The van der Waals surface area contributed by atoms with Crippen LogP contribution in [0.2, 0.25) is 0 Å². The molecule has 0 unspecified atom stereocenters. The van der Waals surface area contributed by atoms with Gasteiger partial charge < -0.3 is 14.3 Å². The van der Waals surface area contributed by atoms with E-state index in [0.717, 1.165) is 6.07 Å². The van der Waals surface area contributed by atoms with Crippen LogP contribution in [0.25, 0.3) is 11.5 Å². The number of carbonyl (C=O) groups is 1. The maximum Gasteiger partial charge on any atom is 0.314 e. The summed E-state index contributed by atoms with van der Waals surface area (Å²) in [6.45, 7) is 3.48. The van der Waals surface area contributed by atoms with Crippen molar-refractivity contribution in [3.05, 3.63) is 34.6 Å². The maximum absolute atomic E-state index is 12.4. The Morgan fingerprint density at radius 3 is 2.68 bits per heavy atom. The van der Waals surface area contributed by atoms with E-state index >= 15 is 0 Å². The van der Waals surface area contributed by atoms with Gasteiger partial charge in [-0.1, -0.05) is 0 Å². The van der Waals surface area contributed by atoms with Crippen molar-refractivity contribution in [3.63, 3.8) is 0 Å². The summed E-state index contributed by atoms with van der Waals surface area (Å²) in [5, 5.41) is 9.30. The van der Waals surface area contributed by atoms with Gasteiger partial charge in [-0.05, 0) is 19.9 Å². The van der Waals surface area contributed by atoms with Crippen LogP contribution < -0.4 is 10.9 Å². The molecule has 2 rings (SSSR count). The van der Waals surface area contributed by atoms with Crippen LogP contribution in [0.15, 0.2) is 27.5 Å². The quantitative estimate of drug-likeness (QED) is 0.900. The molecule has 118 valence electrons. The van der Waals surface area contributed by atoms with E-state index in [0.29, 0.717) is 0 Å². The number of hydrogen-bond donors (Lipinski definition) is 1. The normalized spacial score (nSPS) is 11.2. The summed E-state index contributed by atoms with van der Waals surface area (Å²) in [4.78, 5) is 23.5. The van der Waals surface area contributed by atoms with Gasteiger partial charge >= 0.3 is 6.43 Å². The zero-order chi connectivity index (χ0) is 16.3. The largest absolute Gasteiger partial charge is 0.415 e. The van der Waals surface area contributed by atoms with Gasteiger partial charge in [0.25, 0.3) is 11.4 Å². The lowest BCUT2D eigenvalue weighted by Gasteiger charge is -2.09. The van der Waals surface area contributed by atoms with E-state index in [4.69, 9.17) is 4.42 Å². The molecule has 0 aliphatic heterocycles. The lowest BCUT2D eigenvalue weighted by atomic mass is 10.2. The number of nitrogens with one attached hydrogen (secondary N) is 1. The minimum Gasteiger partial charge on any atom is -0.415 e. The first-order valence-electron chi connectivity index (χ1n) is 6.48. The van der Waals surface area contributed by atoms with Crippen molar-refractivity contribution in [1.29, 1.82) is 0 Å². The van der Waals surface area contributed by atoms with Crippen LogP contribution in [0.4, 0.5) is 8.78 Å². The highest BCUT2D eigenvalue weighted by Gasteiger charge is 2.17. The van der Waals surface area contributed by atoms with Gasteiger partial charge in [0.2, 0.25) is 11.8 Å². The number of carbonyl (C=O) groups excluding carboxylic acids is 1. The molecule has 0 fully saturated rings. The summed E-state index contributed by atoms with van der Waals surface area (Å²) in [6, 6.07) is 2.55. The number of aromatic nitrogens is 3. The fraction of sp³-hybridized carbons (Fsp3) is 0.385. The van der Waals surface area contributed by atoms with Gasteiger partial charge in [0, 0.05) is 23.9 Å². The Balaban J connectivity index is 2.18. The molecule has 7 nitrogen and oxygen atoms in total. The Bertz CT molecular complexity index is 724. The number of alkyl halides is 2.